The van der Waals surface area contributed by atoms with Crippen LogP contribution < -0.4 is 0 Å². The smallest absolute Gasteiger partial charge is 0.413 e. The highest BCUT2D eigenvalue weighted by Crippen LogP contribution is 2.35. The molecular weight excluding hydrogens is 390 g/mol. The first kappa shape index (κ1) is 23.0. The maximum atomic E-state index is 13.3. The number of hydrogen-bond acceptors (Lipinski definition) is 4. The van der Waals surface area contributed by atoms with E-state index in [1.54, 1.807) is 4.90 Å². The van der Waals surface area contributed by atoms with Gasteiger partial charge in [0.1, 0.15) is 11.7 Å². The number of carbonyl (C=O) groups is 1. The van der Waals surface area contributed by atoms with Crippen LogP contribution >= 0.6 is 0 Å². The standard InChI is InChI=1S/C26H33NO4/c1-5-6-17-23(29-18-20-13-9-7-10-14-20)24-27(25(28)31-26(2,3)4)22(19-30-24)21-15-11-8-12-16-21/h5,7-16,22-24H,1,6,17-19H2,2-4H3/t22-,23+,24?/m0/s1. The van der Waals surface area contributed by atoms with Crippen LogP contribution in [0, 0.1) is 0 Å². The first-order chi connectivity index (χ1) is 14.9. The molecule has 1 unspecified atom stereocenters. The lowest BCUT2D eigenvalue weighted by atomic mass is 10.1. The van der Waals surface area contributed by atoms with E-state index in [1.165, 1.54) is 0 Å². The first-order valence-electron chi connectivity index (χ1n) is 10.8. The van der Waals surface area contributed by atoms with E-state index in [4.69, 9.17) is 14.2 Å². The third-order valence-corrected chi connectivity index (χ3v) is 5.10. The molecule has 166 valence electrons. The Morgan fingerprint density at radius 3 is 2.42 bits per heavy atom. The van der Waals surface area contributed by atoms with Crippen molar-refractivity contribution in [3.05, 3.63) is 84.4 Å². The van der Waals surface area contributed by atoms with Crippen LogP contribution in [-0.4, -0.2) is 35.5 Å². The lowest BCUT2D eigenvalue weighted by molar-refractivity contribution is -0.105. The van der Waals surface area contributed by atoms with Gasteiger partial charge in [-0.25, -0.2) is 4.79 Å². The molecule has 0 N–H and O–H groups in total. The fourth-order valence-corrected chi connectivity index (χ4v) is 3.66. The summed E-state index contributed by atoms with van der Waals surface area (Å²) in [7, 11) is 0. The molecule has 31 heavy (non-hydrogen) atoms. The van der Waals surface area contributed by atoms with Crippen molar-refractivity contribution in [3.8, 4) is 0 Å². The number of benzene rings is 2. The van der Waals surface area contributed by atoms with Crippen LogP contribution in [0.5, 0.6) is 0 Å². The van der Waals surface area contributed by atoms with Gasteiger partial charge < -0.3 is 14.2 Å². The minimum absolute atomic E-state index is 0.229. The molecule has 1 fully saturated rings. The molecule has 5 heteroatoms. The number of allylic oxidation sites excluding steroid dienone is 1. The Bertz CT molecular complexity index is 831. The molecule has 3 rings (SSSR count). The van der Waals surface area contributed by atoms with E-state index in [1.807, 2.05) is 87.5 Å². The molecule has 1 aliphatic heterocycles. The van der Waals surface area contributed by atoms with Crippen LogP contribution in [0.15, 0.2) is 73.3 Å². The topological polar surface area (TPSA) is 48.0 Å². The van der Waals surface area contributed by atoms with Gasteiger partial charge in [-0.15, -0.1) is 6.58 Å². The number of amides is 1. The number of hydrogen-bond donors (Lipinski definition) is 0. The average Bonchev–Trinajstić information content (AvgIpc) is 3.19. The predicted octanol–water partition coefficient (Wildman–Crippen LogP) is 5.87. The molecular formula is C26H33NO4. The molecule has 0 aliphatic carbocycles. The van der Waals surface area contributed by atoms with E-state index in [-0.39, 0.29) is 12.1 Å². The zero-order valence-electron chi connectivity index (χ0n) is 18.7. The van der Waals surface area contributed by atoms with Gasteiger partial charge in [0.2, 0.25) is 0 Å². The van der Waals surface area contributed by atoms with E-state index >= 15 is 0 Å². The quantitative estimate of drug-likeness (QED) is 0.498. The molecule has 1 saturated heterocycles. The van der Waals surface area contributed by atoms with Crippen molar-refractivity contribution in [2.45, 2.75) is 64.2 Å². The Morgan fingerprint density at radius 1 is 1.16 bits per heavy atom. The number of rotatable bonds is 8. The molecule has 0 radical (unpaired) electrons. The molecule has 5 nitrogen and oxygen atoms in total. The largest absolute Gasteiger partial charge is 0.444 e. The molecule has 2 aromatic rings. The van der Waals surface area contributed by atoms with Crippen molar-refractivity contribution in [3.63, 3.8) is 0 Å². The monoisotopic (exact) mass is 423 g/mol. The molecule has 0 spiro atoms. The molecule has 1 amide bonds. The second-order valence-corrected chi connectivity index (χ2v) is 8.74. The van der Waals surface area contributed by atoms with Crippen LogP contribution in [0.25, 0.3) is 0 Å². The van der Waals surface area contributed by atoms with Gasteiger partial charge >= 0.3 is 6.09 Å². The van der Waals surface area contributed by atoms with E-state index < -0.39 is 17.9 Å². The van der Waals surface area contributed by atoms with Gasteiger partial charge in [0.05, 0.1) is 19.3 Å². The first-order valence-corrected chi connectivity index (χ1v) is 10.8. The summed E-state index contributed by atoms with van der Waals surface area (Å²) in [5.74, 6) is 0. The third kappa shape index (κ3) is 6.42. The summed E-state index contributed by atoms with van der Waals surface area (Å²) < 4.78 is 18.2. The van der Waals surface area contributed by atoms with Crippen LogP contribution in [0.1, 0.15) is 50.8 Å². The predicted molar refractivity (Wildman–Crippen MR) is 121 cm³/mol. The molecule has 0 bridgehead atoms. The lowest BCUT2D eigenvalue weighted by Gasteiger charge is -2.34. The van der Waals surface area contributed by atoms with Crippen molar-refractivity contribution >= 4 is 6.09 Å². The highest BCUT2D eigenvalue weighted by Gasteiger charge is 2.45. The summed E-state index contributed by atoms with van der Waals surface area (Å²) in [6.07, 6.45) is 2.08. The molecule has 0 saturated carbocycles. The maximum Gasteiger partial charge on any atom is 0.413 e. The normalized spacial score (nSPS) is 19.8. The number of nitrogens with zero attached hydrogens (tertiary/aromatic N) is 1. The fraction of sp³-hybridized carbons (Fsp3) is 0.423. The van der Waals surface area contributed by atoms with E-state index in [0.29, 0.717) is 19.6 Å². The molecule has 2 aromatic carbocycles. The Labute approximate surface area is 185 Å². The zero-order chi connectivity index (χ0) is 22.3. The fourth-order valence-electron chi connectivity index (χ4n) is 3.66. The third-order valence-electron chi connectivity index (χ3n) is 5.10. The van der Waals surface area contributed by atoms with Crippen LogP contribution in [0.4, 0.5) is 4.79 Å². The van der Waals surface area contributed by atoms with Gasteiger partial charge in [-0.3, -0.25) is 4.90 Å². The van der Waals surface area contributed by atoms with Crippen LogP contribution in [-0.2, 0) is 20.8 Å². The minimum Gasteiger partial charge on any atom is -0.444 e. The summed E-state index contributed by atoms with van der Waals surface area (Å²) in [5, 5.41) is 0. The summed E-state index contributed by atoms with van der Waals surface area (Å²) in [5.41, 5.74) is 1.49. The van der Waals surface area contributed by atoms with E-state index in [2.05, 4.69) is 6.58 Å². The van der Waals surface area contributed by atoms with Gasteiger partial charge in [0.25, 0.3) is 0 Å². The highest BCUT2D eigenvalue weighted by molar-refractivity contribution is 5.69. The van der Waals surface area contributed by atoms with Crippen molar-refractivity contribution in [1.29, 1.82) is 0 Å². The molecule has 3 atom stereocenters. The second-order valence-electron chi connectivity index (χ2n) is 8.74. The maximum absolute atomic E-state index is 13.3. The van der Waals surface area contributed by atoms with Crippen molar-refractivity contribution in [1.82, 2.24) is 4.90 Å². The summed E-state index contributed by atoms with van der Waals surface area (Å²) in [6.45, 7) is 10.3. The van der Waals surface area contributed by atoms with Crippen LogP contribution in [0.2, 0.25) is 0 Å². The van der Waals surface area contributed by atoms with Crippen molar-refractivity contribution < 1.29 is 19.0 Å². The van der Waals surface area contributed by atoms with E-state index in [9.17, 15) is 4.79 Å². The SMILES string of the molecule is C=CCC[C@@H](OCc1ccccc1)C1OC[C@@H](c2ccccc2)N1C(=O)OC(C)(C)C. The Balaban J connectivity index is 1.85. The molecule has 0 aromatic heterocycles. The number of carbonyl (C=O) groups excluding carboxylic acids is 1. The molecule has 1 heterocycles. The molecule has 1 aliphatic rings. The Morgan fingerprint density at radius 2 is 1.81 bits per heavy atom. The van der Waals surface area contributed by atoms with Gasteiger partial charge in [0.15, 0.2) is 6.23 Å². The second kappa shape index (κ2) is 10.6. The average molecular weight is 424 g/mol. The summed E-state index contributed by atoms with van der Waals surface area (Å²) in [6, 6.07) is 19.7. The van der Waals surface area contributed by atoms with Gasteiger partial charge in [-0.05, 0) is 44.7 Å². The van der Waals surface area contributed by atoms with Gasteiger partial charge in [-0.1, -0.05) is 66.7 Å². The van der Waals surface area contributed by atoms with Crippen molar-refractivity contribution in [2.75, 3.05) is 6.61 Å². The van der Waals surface area contributed by atoms with Gasteiger partial charge in [-0.2, -0.15) is 0 Å². The Kier molecular flexibility index (Phi) is 7.88. The lowest BCUT2D eigenvalue weighted by Crippen LogP contribution is -2.47. The van der Waals surface area contributed by atoms with E-state index in [0.717, 1.165) is 17.5 Å². The summed E-state index contributed by atoms with van der Waals surface area (Å²) >= 11 is 0. The van der Waals surface area contributed by atoms with Crippen molar-refractivity contribution in [2.24, 2.45) is 0 Å². The summed E-state index contributed by atoms with van der Waals surface area (Å²) in [4.78, 5) is 15.0. The van der Waals surface area contributed by atoms with Gasteiger partial charge in [0, 0.05) is 0 Å². The minimum atomic E-state index is -0.604. The zero-order valence-corrected chi connectivity index (χ0v) is 18.7. The number of ether oxygens (including phenoxy) is 3. The highest BCUT2D eigenvalue weighted by atomic mass is 16.6. The Hall–Kier alpha value is -2.63. The van der Waals surface area contributed by atoms with Crippen LogP contribution in [0.3, 0.4) is 0 Å².